The number of hydrogen-bond donors (Lipinski definition) is 2. The topological polar surface area (TPSA) is 104 Å². The van der Waals surface area contributed by atoms with Crippen molar-refractivity contribution in [3.05, 3.63) is 11.9 Å². The summed E-state index contributed by atoms with van der Waals surface area (Å²) in [5.74, 6) is -0.214. The highest BCUT2D eigenvalue weighted by Crippen LogP contribution is 1.94. The predicted molar refractivity (Wildman–Crippen MR) is 73.3 cm³/mol. The minimum atomic E-state index is -0.214. The fourth-order valence-electron chi connectivity index (χ4n) is 1.51. The number of carbonyl (C=O) groups excluding carboxylic acids is 1. The maximum atomic E-state index is 11.7. The maximum absolute atomic E-state index is 11.7. The number of hydrogen-bond acceptors (Lipinski definition) is 6. The Balaban J connectivity index is 2.07. The molecule has 0 bridgehead atoms. The minimum Gasteiger partial charge on any atom is -0.382 e. The lowest BCUT2D eigenvalue weighted by molar-refractivity contribution is 0.0686. The van der Waals surface area contributed by atoms with Crippen molar-refractivity contribution in [3.63, 3.8) is 0 Å². The fourth-order valence-corrected chi connectivity index (χ4v) is 1.51. The van der Waals surface area contributed by atoms with Gasteiger partial charge in [-0.1, -0.05) is 5.21 Å². The molecular weight excluding hydrogens is 262 g/mol. The largest absolute Gasteiger partial charge is 0.382 e. The van der Waals surface area contributed by atoms with Gasteiger partial charge in [-0.3, -0.25) is 9.48 Å². The zero-order chi connectivity index (χ0) is 14.6. The molecule has 1 heterocycles. The number of methoxy groups -OCH3 is 1. The van der Waals surface area contributed by atoms with Crippen LogP contribution in [-0.2, 0) is 16.0 Å². The van der Waals surface area contributed by atoms with Crippen molar-refractivity contribution in [1.29, 1.82) is 0 Å². The van der Waals surface area contributed by atoms with E-state index in [2.05, 4.69) is 15.6 Å². The summed E-state index contributed by atoms with van der Waals surface area (Å²) >= 11 is 0. The standard InChI is InChI=1S/C12H23N5O3/c1-19-8-9-20-7-3-2-5-14-12(18)11-10-17(6-4-13)16-15-11/h10H,2-9,13H2,1H3,(H,14,18). The van der Waals surface area contributed by atoms with Crippen molar-refractivity contribution < 1.29 is 14.3 Å². The zero-order valence-electron chi connectivity index (χ0n) is 11.9. The van der Waals surface area contributed by atoms with Crippen molar-refractivity contribution >= 4 is 5.91 Å². The molecule has 0 atom stereocenters. The molecule has 20 heavy (non-hydrogen) atoms. The van der Waals surface area contributed by atoms with E-state index in [0.29, 0.717) is 45.1 Å². The summed E-state index contributed by atoms with van der Waals surface area (Å²) in [6.45, 7) is 3.50. The summed E-state index contributed by atoms with van der Waals surface area (Å²) in [4.78, 5) is 11.7. The Morgan fingerprint density at radius 1 is 1.40 bits per heavy atom. The average Bonchev–Trinajstić information content (AvgIpc) is 2.91. The molecule has 1 rings (SSSR count). The molecule has 0 aliphatic rings. The molecule has 0 saturated heterocycles. The van der Waals surface area contributed by atoms with Crippen molar-refractivity contribution in [2.24, 2.45) is 5.73 Å². The van der Waals surface area contributed by atoms with Crippen LogP contribution in [0.1, 0.15) is 23.3 Å². The molecule has 0 radical (unpaired) electrons. The lowest BCUT2D eigenvalue weighted by atomic mass is 10.3. The smallest absolute Gasteiger partial charge is 0.273 e. The second-order valence-corrected chi connectivity index (χ2v) is 4.22. The normalized spacial score (nSPS) is 10.7. The third-order valence-electron chi connectivity index (χ3n) is 2.56. The molecule has 3 N–H and O–H groups in total. The van der Waals surface area contributed by atoms with Crippen LogP contribution in [0.25, 0.3) is 0 Å². The molecule has 0 unspecified atom stereocenters. The molecule has 0 aliphatic heterocycles. The summed E-state index contributed by atoms with van der Waals surface area (Å²) in [6, 6.07) is 0. The summed E-state index contributed by atoms with van der Waals surface area (Å²) in [5, 5.41) is 10.4. The monoisotopic (exact) mass is 285 g/mol. The fraction of sp³-hybridized carbons (Fsp3) is 0.750. The van der Waals surface area contributed by atoms with Crippen molar-refractivity contribution in [3.8, 4) is 0 Å². The van der Waals surface area contributed by atoms with Gasteiger partial charge >= 0.3 is 0 Å². The molecule has 0 saturated carbocycles. The lowest BCUT2D eigenvalue weighted by Gasteiger charge is -2.04. The third kappa shape index (κ3) is 6.60. The molecular formula is C12H23N5O3. The number of aromatic nitrogens is 3. The van der Waals surface area contributed by atoms with E-state index in [9.17, 15) is 4.79 Å². The highest BCUT2D eigenvalue weighted by Gasteiger charge is 2.09. The van der Waals surface area contributed by atoms with E-state index in [1.807, 2.05) is 0 Å². The van der Waals surface area contributed by atoms with Crippen LogP contribution < -0.4 is 11.1 Å². The van der Waals surface area contributed by atoms with Gasteiger partial charge in [0.2, 0.25) is 0 Å². The van der Waals surface area contributed by atoms with Crippen LogP contribution in [0.2, 0.25) is 0 Å². The van der Waals surface area contributed by atoms with Crippen molar-refractivity contribution in [2.75, 3.05) is 40.0 Å². The Bertz CT molecular complexity index is 383. The number of ether oxygens (including phenoxy) is 2. The number of nitrogens with zero attached hydrogens (tertiary/aromatic N) is 3. The van der Waals surface area contributed by atoms with Gasteiger partial charge in [-0.05, 0) is 12.8 Å². The summed E-state index contributed by atoms with van der Waals surface area (Å²) in [6.07, 6.45) is 3.34. The van der Waals surface area contributed by atoms with Crippen LogP contribution in [0.15, 0.2) is 6.20 Å². The van der Waals surface area contributed by atoms with Crippen molar-refractivity contribution in [2.45, 2.75) is 19.4 Å². The molecule has 1 aromatic rings. The van der Waals surface area contributed by atoms with Gasteiger partial charge < -0.3 is 20.5 Å². The Morgan fingerprint density at radius 3 is 3.00 bits per heavy atom. The van der Waals surface area contributed by atoms with E-state index >= 15 is 0 Å². The van der Waals surface area contributed by atoms with Gasteiger partial charge in [0.05, 0.1) is 26.0 Å². The Labute approximate surface area is 118 Å². The van der Waals surface area contributed by atoms with Gasteiger partial charge in [0.1, 0.15) is 0 Å². The third-order valence-corrected chi connectivity index (χ3v) is 2.56. The zero-order valence-corrected chi connectivity index (χ0v) is 11.9. The second kappa shape index (κ2) is 10.3. The van der Waals surface area contributed by atoms with Crippen LogP contribution in [-0.4, -0.2) is 60.9 Å². The number of amides is 1. The SMILES string of the molecule is COCCOCCCCNC(=O)c1cn(CCN)nn1. The van der Waals surface area contributed by atoms with Gasteiger partial charge in [-0.2, -0.15) is 0 Å². The van der Waals surface area contributed by atoms with Crippen LogP contribution in [0.4, 0.5) is 0 Å². The Kier molecular flexibility index (Phi) is 8.52. The molecule has 8 heteroatoms. The Hall–Kier alpha value is -1.51. The van der Waals surface area contributed by atoms with E-state index in [4.69, 9.17) is 15.2 Å². The van der Waals surface area contributed by atoms with Crippen LogP contribution >= 0.6 is 0 Å². The van der Waals surface area contributed by atoms with E-state index in [1.54, 1.807) is 18.0 Å². The highest BCUT2D eigenvalue weighted by atomic mass is 16.5. The van der Waals surface area contributed by atoms with Gasteiger partial charge in [0.15, 0.2) is 5.69 Å². The quantitative estimate of drug-likeness (QED) is 0.527. The van der Waals surface area contributed by atoms with Crippen molar-refractivity contribution in [1.82, 2.24) is 20.3 Å². The first kappa shape index (κ1) is 16.5. The summed E-state index contributed by atoms with van der Waals surface area (Å²) in [7, 11) is 1.64. The van der Waals surface area contributed by atoms with Crippen LogP contribution in [0, 0.1) is 0 Å². The molecule has 1 amide bonds. The molecule has 0 aliphatic carbocycles. The highest BCUT2D eigenvalue weighted by molar-refractivity contribution is 5.91. The van der Waals surface area contributed by atoms with E-state index < -0.39 is 0 Å². The van der Waals surface area contributed by atoms with Crippen LogP contribution in [0.3, 0.4) is 0 Å². The molecule has 0 aromatic carbocycles. The molecule has 0 spiro atoms. The summed E-state index contributed by atoms with van der Waals surface area (Å²) in [5.41, 5.74) is 5.71. The molecule has 8 nitrogen and oxygen atoms in total. The average molecular weight is 285 g/mol. The van der Waals surface area contributed by atoms with E-state index in [1.165, 1.54) is 0 Å². The van der Waals surface area contributed by atoms with Gasteiger partial charge in [0.25, 0.3) is 5.91 Å². The Morgan fingerprint density at radius 2 is 2.25 bits per heavy atom. The lowest BCUT2D eigenvalue weighted by Crippen LogP contribution is -2.25. The number of nitrogens with two attached hydrogens (primary N) is 1. The molecule has 0 fully saturated rings. The van der Waals surface area contributed by atoms with E-state index in [-0.39, 0.29) is 5.91 Å². The molecule has 1 aromatic heterocycles. The maximum Gasteiger partial charge on any atom is 0.273 e. The molecule has 114 valence electrons. The summed E-state index contributed by atoms with van der Waals surface area (Å²) < 4.78 is 11.7. The second-order valence-electron chi connectivity index (χ2n) is 4.22. The number of rotatable bonds is 11. The van der Waals surface area contributed by atoms with Gasteiger partial charge in [-0.25, -0.2) is 0 Å². The first-order valence-electron chi connectivity index (χ1n) is 6.73. The van der Waals surface area contributed by atoms with Crippen LogP contribution in [0.5, 0.6) is 0 Å². The predicted octanol–water partition coefficient (Wildman–Crippen LogP) is -0.590. The van der Waals surface area contributed by atoms with E-state index in [0.717, 1.165) is 12.8 Å². The van der Waals surface area contributed by atoms with Gasteiger partial charge in [0, 0.05) is 26.8 Å². The number of nitrogens with one attached hydrogen (secondary N) is 1. The first-order valence-corrected chi connectivity index (χ1v) is 6.73. The number of unbranched alkanes of at least 4 members (excludes halogenated alkanes) is 1. The minimum absolute atomic E-state index is 0.214. The number of carbonyl (C=O) groups is 1. The van der Waals surface area contributed by atoms with Gasteiger partial charge in [-0.15, -0.1) is 5.10 Å². The first-order chi connectivity index (χ1) is 9.77.